The number of amides is 2. The summed E-state index contributed by atoms with van der Waals surface area (Å²) in [6.07, 6.45) is -1.47. The van der Waals surface area contributed by atoms with Gasteiger partial charge in [-0.25, -0.2) is 14.5 Å². The number of halogens is 3. The van der Waals surface area contributed by atoms with E-state index in [1.165, 1.54) is 35.3 Å². The van der Waals surface area contributed by atoms with Gasteiger partial charge in [0, 0.05) is 29.6 Å². The van der Waals surface area contributed by atoms with Crippen molar-refractivity contribution in [2.24, 2.45) is 10.9 Å². The molecule has 5 rings (SSSR count). The standard InChI is InChI=1S/C33H35F3N6O2S/c1-21(19-37-31(43)39-32-42(24(4)16-17-45-32)29-22(2)6-5-7-23(29)3)18-25-8-10-26(11-9-25)30-38-20-41(40-30)27-12-14-28(15-13-27)44-33(34,35)36/h5-15,20-21,24H,16-19H2,1-4H3,(H,37,43)/b39-32-. The van der Waals surface area contributed by atoms with E-state index in [1.807, 2.05) is 30.3 Å². The van der Waals surface area contributed by atoms with Crippen molar-refractivity contribution in [2.75, 3.05) is 17.2 Å². The zero-order valence-electron chi connectivity index (χ0n) is 25.5. The monoisotopic (exact) mass is 636 g/mol. The number of benzene rings is 3. The summed E-state index contributed by atoms with van der Waals surface area (Å²) in [5, 5.41) is 8.17. The first kappa shape index (κ1) is 32.1. The molecule has 45 heavy (non-hydrogen) atoms. The molecule has 1 aliphatic heterocycles. The highest BCUT2D eigenvalue weighted by atomic mass is 32.2. The Morgan fingerprint density at radius 3 is 2.44 bits per heavy atom. The third kappa shape index (κ3) is 8.24. The van der Waals surface area contributed by atoms with Crippen LogP contribution in [0.4, 0.5) is 23.7 Å². The van der Waals surface area contributed by atoms with Gasteiger partial charge in [-0.2, -0.15) is 4.99 Å². The van der Waals surface area contributed by atoms with Gasteiger partial charge in [0.2, 0.25) is 0 Å². The molecule has 0 spiro atoms. The number of nitrogens with zero attached hydrogens (tertiary/aromatic N) is 5. The number of carbonyl (C=O) groups is 1. The van der Waals surface area contributed by atoms with Crippen molar-refractivity contribution in [2.45, 2.75) is 52.9 Å². The van der Waals surface area contributed by atoms with Gasteiger partial charge in [0.15, 0.2) is 11.0 Å². The molecule has 2 atom stereocenters. The molecule has 2 amide bonds. The number of rotatable bonds is 8. The second-order valence-corrected chi connectivity index (χ2v) is 12.3. The summed E-state index contributed by atoms with van der Waals surface area (Å²) < 4.78 is 42.7. The quantitative estimate of drug-likeness (QED) is 0.213. The number of ether oxygens (including phenoxy) is 1. The second-order valence-electron chi connectivity index (χ2n) is 11.2. The zero-order valence-corrected chi connectivity index (χ0v) is 26.3. The third-order valence-electron chi connectivity index (χ3n) is 7.52. The molecule has 0 aliphatic carbocycles. The van der Waals surface area contributed by atoms with Crippen LogP contribution in [0, 0.1) is 19.8 Å². The minimum atomic E-state index is -4.74. The molecule has 2 unspecified atom stereocenters. The van der Waals surface area contributed by atoms with E-state index in [9.17, 15) is 18.0 Å². The number of urea groups is 1. The lowest BCUT2D eigenvalue weighted by Gasteiger charge is -2.37. The molecule has 1 saturated heterocycles. The predicted octanol–water partition coefficient (Wildman–Crippen LogP) is 7.73. The van der Waals surface area contributed by atoms with E-state index in [-0.39, 0.29) is 23.7 Å². The molecule has 1 fully saturated rings. The van der Waals surface area contributed by atoms with Crippen LogP contribution in [0.25, 0.3) is 17.1 Å². The number of amidine groups is 1. The van der Waals surface area contributed by atoms with Crippen LogP contribution in [-0.2, 0) is 6.42 Å². The Morgan fingerprint density at radius 1 is 1.09 bits per heavy atom. The summed E-state index contributed by atoms with van der Waals surface area (Å²) in [6.45, 7) is 8.92. The normalized spacial score (nSPS) is 16.9. The fourth-order valence-corrected chi connectivity index (χ4v) is 6.47. The predicted molar refractivity (Wildman–Crippen MR) is 172 cm³/mol. The Bertz CT molecular complexity index is 1630. The van der Waals surface area contributed by atoms with Gasteiger partial charge in [0.25, 0.3) is 0 Å². The third-order valence-corrected chi connectivity index (χ3v) is 8.50. The van der Waals surface area contributed by atoms with E-state index < -0.39 is 6.36 Å². The highest BCUT2D eigenvalue weighted by molar-refractivity contribution is 8.14. The number of para-hydroxylation sites is 1. The Kier molecular flexibility index (Phi) is 9.81. The van der Waals surface area contributed by atoms with Gasteiger partial charge < -0.3 is 15.0 Å². The molecule has 3 aromatic carbocycles. The number of hydrogen-bond acceptors (Lipinski definition) is 5. The van der Waals surface area contributed by atoms with Gasteiger partial charge in [0.05, 0.1) is 5.69 Å². The van der Waals surface area contributed by atoms with Crippen LogP contribution in [0.15, 0.2) is 78.0 Å². The summed E-state index contributed by atoms with van der Waals surface area (Å²) in [5.74, 6) is 1.28. The highest BCUT2D eigenvalue weighted by Gasteiger charge is 2.31. The summed E-state index contributed by atoms with van der Waals surface area (Å²) in [4.78, 5) is 23.9. The van der Waals surface area contributed by atoms with Crippen molar-refractivity contribution in [3.05, 3.63) is 89.7 Å². The van der Waals surface area contributed by atoms with Gasteiger partial charge in [-0.1, -0.05) is 61.2 Å². The van der Waals surface area contributed by atoms with Gasteiger partial charge in [-0.3, -0.25) is 0 Å². The van der Waals surface area contributed by atoms with Crippen molar-refractivity contribution in [3.63, 3.8) is 0 Å². The van der Waals surface area contributed by atoms with E-state index in [0.29, 0.717) is 18.1 Å². The summed E-state index contributed by atoms with van der Waals surface area (Å²) >= 11 is 1.62. The average Bonchev–Trinajstić information content (AvgIpc) is 3.48. The van der Waals surface area contributed by atoms with E-state index >= 15 is 0 Å². The van der Waals surface area contributed by atoms with Crippen molar-refractivity contribution in [1.82, 2.24) is 20.1 Å². The molecule has 4 aromatic rings. The molecule has 8 nitrogen and oxygen atoms in total. The van der Waals surface area contributed by atoms with Crippen molar-refractivity contribution in [1.29, 1.82) is 0 Å². The molecule has 1 aromatic heterocycles. The van der Waals surface area contributed by atoms with Crippen LogP contribution in [0.2, 0.25) is 0 Å². The molecule has 236 valence electrons. The van der Waals surface area contributed by atoms with Crippen LogP contribution >= 0.6 is 11.8 Å². The smallest absolute Gasteiger partial charge is 0.406 e. The molecule has 12 heteroatoms. The lowest BCUT2D eigenvalue weighted by atomic mass is 10.00. The number of carbonyl (C=O) groups excluding carboxylic acids is 1. The number of aliphatic imine (C=N–C) groups is 1. The first-order chi connectivity index (χ1) is 21.5. The van der Waals surface area contributed by atoms with E-state index in [2.05, 4.69) is 69.9 Å². The van der Waals surface area contributed by atoms with E-state index in [4.69, 9.17) is 0 Å². The maximum absolute atomic E-state index is 12.9. The fourth-order valence-electron chi connectivity index (χ4n) is 5.27. The largest absolute Gasteiger partial charge is 0.573 e. The summed E-state index contributed by atoms with van der Waals surface area (Å²) in [6, 6.07) is 19.4. The van der Waals surface area contributed by atoms with Gasteiger partial charge >= 0.3 is 12.4 Å². The second kappa shape index (κ2) is 13.8. The number of aromatic nitrogens is 3. The van der Waals surface area contributed by atoms with Crippen LogP contribution in [0.1, 0.15) is 37.0 Å². The number of aryl methyl sites for hydroxylation is 2. The summed E-state index contributed by atoms with van der Waals surface area (Å²) in [5.41, 5.74) is 5.90. The highest BCUT2D eigenvalue weighted by Crippen LogP contribution is 2.34. The number of nitrogens with one attached hydrogen (secondary N) is 1. The summed E-state index contributed by atoms with van der Waals surface area (Å²) in [7, 11) is 0. The number of thioether (sulfide) groups is 1. The number of anilines is 1. The molecule has 0 radical (unpaired) electrons. The molecule has 1 N–H and O–H groups in total. The minimum Gasteiger partial charge on any atom is -0.406 e. The molecular formula is C33H35F3N6O2S. The lowest BCUT2D eigenvalue weighted by Crippen LogP contribution is -2.43. The molecule has 0 saturated carbocycles. The van der Waals surface area contributed by atoms with Crippen molar-refractivity contribution in [3.8, 4) is 22.8 Å². The van der Waals surface area contributed by atoms with Gasteiger partial charge in [0.1, 0.15) is 12.1 Å². The molecule has 0 bridgehead atoms. The SMILES string of the molecule is Cc1cccc(C)c1N1/C(=N/C(=O)NCC(C)Cc2ccc(-c3ncn(-c4ccc(OC(F)(F)F)cc4)n3)cc2)SCCC1C. The fraction of sp³-hybridized carbons (Fsp3) is 0.333. The minimum absolute atomic E-state index is 0.175. The first-order valence-corrected chi connectivity index (χ1v) is 15.7. The average molecular weight is 637 g/mol. The Balaban J connectivity index is 1.16. The van der Waals surface area contributed by atoms with Gasteiger partial charge in [-0.05, 0) is 80.5 Å². The Morgan fingerprint density at radius 2 is 1.78 bits per heavy atom. The van der Waals surface area contributed by atoms with Crippen molar-refractivity contribution < 1.29 is 22.7 Å². The Labute approximate surface area is 264 Å². The maximum Gasteiger partial charge on any atom is 0.573 e. The van der Waals surface area contributed by atoms with E-state index in [1.54, 1.807) is 11.8 Å². The van der Waals surface area contributed by atoms with Gasteiger partial charge in [-0.15, -0.1) is 18.3 Å². The molecule has 2 heterocycles. The number of hydrogen-bond donors (Lipinski definition) is 1. The maximum atomic E-state index is 12.9. The molecule has 1 aliphatic rings. The van der Waals surface area contributed by atoms with E-state index in [0.717, 1.165) is 51.7 Å². The number of alkyl halides is 3. The Hall–Kier alpha value is -4.32. The van der Waals surface area contributed by atoms with Crippen LogP contribution in [0.5, 0.6) is 5.75 Å². The zero-order chi connectivity index (χ0) is 32.1. The van der Waals surface area contributed by atoms with Crippen LogP contribution < -0.4 is 15.0 Å². The van der Waals surface area contributed by atoms with Crippen LogP contribution in [-0.4, -0.2) is 50.7 Å². The van der Waals surface area contributed by atoms with Crippen LogP contribution in [0.3, 0.4) is 0 Å². The lowest BCUT2D eigenvalue weighted by molar-refractivity contribution is -0.274. The first-order valence-electron chi connectivity index (χ1n) is 14.7. The molecular weight excluding hydrogens is 601 g/mol. The topological polar surface area (TPSA) is 84.6 Å². The van der Waals surface area contributed by atoms with Crippen molar-refractivity contribution >= 4 is 28.6 Å².